The van der Waals surface area contributed by atoms with E-state index in [1.54, 1.807) is 36.4 Å². The van der Waals surface area contributed by atoms with E-state index >= 15 is 0 Å². The Hall–Kier alpha value is -2.59. The van der Waals surface area contributed by atoms with Gasteiger partial charge in [0.1, 0.15) is 0 Å². The Balaban J connectivity index is 1.96. The van der Waals surface area contributed by atoms with Crippen LogP contribution in [0.1, 0.15) is 22.3 Å². The van der Waals surface area contributed by atoms with Gasteiger partial charge in [-0.15, -0.1) is 0 Å². The molecular weight excluding hydrogens is 326 g/mol. The molecule has 0 aromatic heterocycles. The van der Waals surface area contributed by atoms with Crippen LogP contribution in [0.4, 0.5) is 0 Å². The Bertz CT molecular complexity index is 886. The van der Waals surface area contributed by atoms with Crippen LogP contribution in [0.3, 0.4) is 0 Å². The molecule has 2 amide bonds. The van der Waals surface area contributed by atoms with E-state index in [4.69, 9.17) is 11.6 Å². The molecule has 1 N–H and O–H groups in total. The molecular formula is C19H16ClNO3. The van der Waals surface area contributed by atoms with Crippen molar-refractivity contribution in [1.82, 2.24) is 4.90 Å². The molecule has 5 heteroatoms. The van der Waals surface area contributed by atoms with Gasteiger partial charge in [-0.3, -0.25) is 14.5 Å². The number of aliphatic hydroxyl groups excluding tert-OH is 1. The standard InChI is InChI=1S/C19H16ClNO3/c1-11-7-8-13(9-12(11)2)16-17(22)19(24)21(18(16)23)10-14-5-3-4-6-15(14)20/h3-9,22H,10H2,1-2H3. The van der Waals surface area contributed by atoms with Crippen LogP contribution in [-0.4, -0.2) is 21.8 Å². The number of hydrogen-bond donors (Lipinski definition) is 1. The number of aryl methyl sites for hydroxylation is 2. The van der Waals surface area contributed by atoms with Crippen LogP contribution < -0.4 is 0 Å². The molecule has 0 unspecified atom stereocenters. The summed E-state index contributed by atoms with van der Waals surface area (Å²) in [5.74, 6) is -1.73. The van der Waals surface area contributed by atoms with E-state index in [-0.39, 0.29) is 12.1 Å². The first-order valence-corrected chi connectivity index (χ1v) is 7.88. The van der Waals surface area contributed by atoms with Crippen LogP contribution in [0.5, 0.6) is 0 Å². The number of benzene rings is 2. The van der Waals surface area contributed by atoms with Crippen LogP contribution in [-0.2, 0) is 16.1 Å². The summed E-state index contributed by atoms with van der Waals surface area (Å²) in [6.07, 6.45) is 0. The molecule has 1 aliphatic rings. The number of hydrogen-bond acceptors (Lipinski definition) is 3. The second-order valence-electron chi connectivity index (χ2n) is 5.81. The number of carbonyl (C=O) groups excluding carboxylic acids is 2. The predicted molar refractivity (Wildman–Crippen MR) is 92.5 cm³/mol. The van der Waals surface area contributed by atoms with Crippen LogP contribution in [0, 0.1) is 13.8 Å². The van der Waals surface area contributed by atoms with Crippen molar-refractivity contribution in [3.8, 4) is 0 Å². The molecule has 0 bridgehead atoms. The lowest BCUT2D eigenvalue weighted by atomic mass is 10.00. The minimum absolute atomic E-state index is 0.0236. The van der Waals surface area contributed by atoms with Gasteiger partial charge in [0.2, 0.25) is 0 Å². The first-order valence-electron chi connectivity index (χ1n) is 7.50. The third-order valence-corrected chi connectivity index (χ3v) is 4.59. The summed E-state index contributed by atoms with van der Waals surface area (Å²) >= 11 is 6.10. The van der Waals surface area contributed by atoms with Gasteiger partial charge in [0.05, 0.1) is 12.1 Å². The fourth-order valence-corrected chi connectivity index (χ4v) is 2.86. The molecule has 4 nitrogen and oxygen atoms in total. The molecule has 0 atom stereocenters. The van der Waals surface area contributed by atoms with Crippen molar-refractivity contribution in [2.24, 2.45) is 0 Å². The lowest BCUT2D eigenvalue weighted by molar-refractivity contribution is -0.138. The number of rotatable bonds is 3. The SMILES string of the molecule is Cc1ccc(C2=C(O)C(=O)N(Cc3ccccc3Cl)C2=O)cc1C. The normalized spacial score (nSPS) is 14.7. The zero-order chi connectivity index (χ0) is 17.4. The van der Waals surface area contributed by atoms with Crippen molar-refractivity contribution in [1.29, 1.82) is 0 Å². The summed E-state index contributed by atoms with van der Waals surface area (Å²) < 4.78 is 0. The molecule has 2 aromatic rings. The Morgan fingerprint density at radius 3 is 2.38 bits per heavy atom. The van der Waals surface area contributed by atoms with E-state index in [2.05, 4.69) is 0 Å². The monoisotopic (exact) mass is 341 g/mol. The quantitative estimate of drug-likeness (QED) is 0.864. The lowest BCUT2D eigenvalue weighted by Gasteiger charge is -2.15. The van der Waals surface area contributed by atoms with Gasteiger partial charge in [0, 0.05) is 5.02 Å². The molecule has 24 heavy (non-hydrogen) atoms. The molecule has 122 valence electrons. The minimum Gasteiger partial charge on any atom is -0.502 e. The Labute approximate surface area is 145 Å². The average molecular weight is 342 g/mol. The largest absolute Gasteiger partial charge is 0.502 e. The highest BCUT2D eigenvalue weighted by atomic mass is 35.5. The van der Waals surface area contributed by atoms with Crippen molar-refractivity contribution >= 4 is 29.0 Å². The topological polar surface area (TPSA) is 57.6 Å². The second kappa shape index (κ2) is 6.13. The summed E-state index contributed by atoms with van der Waals surface area (Å²) in [6.45, 7) is 3.90. The maximum Gasteiger partial charge on any atom is 0.296 e. The number of nitrogens with zero attached hydrogens (tertiary/aromatic N) is 1. The van der Waals surface area contributed by atoms with Crippen molar-refractivity contribution in [3.05, 3.63) is 75.5 Å². The molecule has 0 radical (unpaired) electrons. The fraction of sp³-hybridized carbons (Fsp3) is 0.158. The number of imide groups is 1. The highest BCUT2D eigenvalue weighted by molar-refractivity contribution is 6.35. The van der Waals surface area contributed by atoms with Gasteiger partial charge in [-0.05, 0) is 42.2 Å². The van der Waals surface area contributed by atoms with E-state index in [0.717, 1.165) is 16.0 Å². The number of amides is 2. The first-order chi connectivity index (χ1) is 11.4. The van der Waals surface area contributed by atoms with Gasteiger partial charge in [-0.25, -0.2) is 0 Å². The molecule has 0 spiro atoms. The van der Waals surface area contributed by atoms with E-state index in [9.17, 15) is 14.7 Å². The zero-order valence-corrected chi connectivity index (χ0v) is 14.1. The van der Waals surface area contributed by atoms with Crippen LogP contribution in [0.2, 0.25) is 5.02 Å². The Kier molecular flexibility index (Phi) is 4.16. The molecule has 0 fully saturated rings. The van der Waals surface area contributed by atoms with Gasteiger partial charge >= 0.3 is 0 Å². The molecule has 0 aliphatic carbocycles. The van der Waals surface area contributed by atoms with Gasteiger partial charge in [-0.2, -0.15) is 0 Å². The van der Waals surface area contributed by atoms with E-state index in [1.807, 2.05) is 19.9 Å². The van der Waals surface area contributed by atoms with Gasteiger partial charge in [0.25, 0.3) is 11.8 Å². The van der Waals surface area contributed by atoms with E-state index < -0.39 is 17.6 Å². The zero-order valence-electron chi connectivity index (χ0n) is 13.3. The number of aliphatic hydroxyl groups is 1. The van der Waals surface area contributed by atoms with Crippen LogP contribution in [0.25, 0.3) is 5.57 Å². The molecule has 2 aromatic carbocycles. The molecule has 1 heterocycles. The Morgan fingerprint density at radius 1 is 1.00 bits per heavy atom. The van der Waals surface area contributed by atoms with Gasteiger partial charge in [0.15, 0.2) is 5.76 Å². The smallest absolute Gasteiger partial charge is 0.296 e. The number of halogens is 1. The highest BCUT2D eigenvalue weighted by Crippen LogP contribution is 2.31. The van der Waals surface area contributed by atoms with E-state index in [1.165, 1.54) is 0 Å². The third kappa shape index (κ3) is 2.69. The molecule has 1 aliphatic heterocycles. The summed E-state index contributed by atoms with van der Waals surface area (Å²) in [5.41, 5.74) is 3.28. The lowest BCUT2D eigenvalue weighted by Crippen LogP contribution is -2.31. The van der Waals surface area contributed by atoms with Crippen LogP contribution >= 0.6 is 11.6 Å². The van der Waals surface area contributed by atoms with Crippen molar-refractivity contribution in [2.75, 3.05) is 0 Å². The summed E-state index contributed by atoms with van der Waals surface area (Å²) in [7, 11) is 0. The van der Waals surface area contributed by atoms with Crippen molar-refractivity contribution < 1.29 is 14.7 Å². The van der Waals surface area contributed by atoms with Crippen molar-refractivity contribution in [3.63, 3.8) is 0 Å². The maximum absolute atomic E-state index is 12.7. The maximum atomic E-state index is 12.7. The highest BCUT2D eigenvalue weighted by Gasteiger charge is 2.39. The molecule has 0 saturated carbocycles. The minimum atomic E-state index is -0.701. The third-order valence-electron chi connectivity index (χ3n) is 4.23. The molecule has 0 saturated heterocycles. The Morgan fingerprint density at radius 2 is 1.71 bits per heavy atom. The summed E-state index contributed by atoms with van der Waals surface area (Å²) in [5, 5.41) is 10.7. The summed E-state index contributed by atoms with van der Waals surface area (Å²) in [4.78, 5) is 26.0. The van der Waals surface area contributed by atoms with E-state index in [0.29, 0.717) is 16.1 Å². The number of carbonyl (C=O) groups is 2. The summed E-state index contributed by atoms with van der Waals surface area (Å²) in [6, 6.07) is 12.4. The fourth-order valence-electron chi connectivity index (χ4n) is 2.66. The first kappa shape index (κ1) is 16.3. The van der Waals surface area contributed by atoms with Gasteiger partial charge in [-0.1, -0.05) is 48.0 Å². The van der Waals surface area contributed by atoms with Gasteiger partial charge < -0.3 is 5.11 Å². The second-order valence-corrected chi connectivity index (χ2v) is 6.22. The average Bonchev–Trinajstić information content (AvgIpc) is 2.76. The van der Waals surface area contributed by atoms with Crippen molar-refractivity contribution in [2.45, 2.75) is 20.4 Å². The predicted octanol–water partition coefficient (Wildman–Crippen LogP) is 3.79. The van der Waals surface area contributed by atoms with Crippen LogP contribution in [0.15, 0.2) is 48.2 Å². The molecule has 3 rings (SSSR count).